The zero-order chi connectivity index (χ0) is 19.4. The fraction of sp³-hybridized carbons (Fsp3) is 0.0455. The van der Waals surface area contributed by atoms with E-state index in [2.05, 4.69) is 9.71 Å². The number of pyridine rings is 1. The van der Waals surface area contributed by atoms with E-state index in [1.54, 1.807) is 35.7 Å². The summed E-state index contributed by atoms with van der Waals surface area (Å²) < 4.78 is 28.2. The third-order valence-electron chi connectivity index (χ3n) is 4.32. The smallest absolute Gasteiger partial charge is 0.240 e. The minimum atomic E-state index is -3.62. The van der Waals surface area contributed by atoms with E-state index >= 15 is 0 Å². The fourth-order valence-corrected chi connectivity index (χ4v) is 4.63. The summed E-state index contributed by atoms with van der Waals surface area (Å²) in [5, 5.41) is 1.99. The topological polar surface area (TPSA) is 59.1 Å². The van der Waals surface area contributed by atoms with Crippen LogP contribution < -0.4 is 4.72 Å². The van der Waals surface area contributed by atoms with E-state index in [0.717, 1.165) is 27.3 Å². The van der Waals surface area contributed by atoms with Crippen LogP contribution in [0.4, 0.5) is 0 Å². The summed E-state index contributed by atoms with van der Waals surface area (Å²) in [5.74, 6) is 0. The number of aromatic nitrogens is 1. The number of rotatable bonds is 6. The molecule has 2 aromatic heterocycles. The Morgan fingerprint density at radius 2 is 1.68 bits per heavy atom. The van der Waals surface area contributed by atoms with Crippen LogP contribution in [-0.4, -0.2) is 13.4 Å². The van der Waals surface area contributed by atoms with Crippen molar-refractivity contribution < 1.29 is 8.42 Å². The third-order valence-corrected chi connectivity index (χ3v) is 6.61. The van der Waals surface area contributed by atoms with Crippen LogP contribution in [0.5, 0.6) is 0 Å². The molecule has 28 heavy (non-hydrogen) atoms. The Hall–Kier alpha value is -2.80. The standard InChI is InChI=1S/C22H18N2O2S2/c25-28(26,20-9-4-8-19(15-20)18-6-2-1-3-7-18)24-16-17-11-12-23-21(14-17)22-10-5-13-27-22/h1-15,24H,16H2. The second kappa shape index (κ2) is 8.06. The van der Waals surface area contributed by atoms with Gasteiger partial charge in [0.2, 0.25) is 10.0 Å². The maximum absolute atomic E-state index is 12.8. The molecule has 0 atom stereocenters. The zero-order valence-corrected chi connectivity index (χ0v) is 16.6. The van der Waals surface area contributed by atoms with Crippen molar-refractivity contribution in [3.05, 3.63) is 96.0 Å². The molecule has 0 aliphatic rings. The molecular weight excluding hydrogens is 388 g/mol. The molecule has 1 N–H and O–H groups in total. The van der Waals surface area contributed by atoms with E-state index in [4.69, 9.17) is 0 Å². The minimum Gasteiger partial charge on any atom is -0.255 e. The molecule has 0 spiro atoms. The highest BCUT2D eigenvalue weighted by Crippen LogP contribution is 2.24. The third kappa shape index (κ3) is 4.20. The van der Waals surface area contributed by atoms with Crippen molar-refractivity contribution in [3.63, 3.8) is 0 Å². The predicted octanol–water partition coefficient (Wildman–Crippen LogP) is 4.96. The van der Waals surface area contributed by atoms with Crippen molar-refractivity contribution in [2.24, 2.45) is 0 Å². The number of thiophene rings is 1. The van der Waals surface area contributed by atoms with Gasteiger partial charge in [0.25, 0.3) is 0 Å². The molecule has 0 fully saturated rings. The summed E-state index contributed by atoms with van der Waals surface area (Å²) in [5.41, 5.74) is 3.56. The summed E-state index contributed by atoms with van der Waals surface area (Å²) in [4.78, 5) is 5.67. The minimum absolute atomic E-state index is 0.207. The molecule has 0 amide bonds. The molecule has 6 heteroatoms. The Kier molecular flexibility index (Phi) is 5.34. The zero-order valence-electron chi connectivity index (χ0n) is 14.9. The molecule has 0 unspecified atom stereocenters. The van der Waals surface area contributed by atoms with E-state index in [-0.39, 0.29) is 11.4 Å². The Balaban J connectivity index is 1.53. The summed E-state index contributed by atoms with van der Waals surface area (Å²) in [6.45, 7) is 0.207. The van der Waals surface area contributed by atoms with Gasteiger partial charge in [0.05, 0.1) is 15.5 Å². The highest BCUT2D eigenvalue weighted by Gasteiger charge is 2.15. The Morgan fingerprint density at radius 3 is 2.46 bits per heavy atom. The van der Waals surface area contributed by atoms with Crippen LogP contribution >= 0.6 is 11.3 Å². The largest absolute Gasteiger partial charge is 0.255 e. The first-order valence-corrected chi connectivity index (χ1v) is 11.1. The van der Waals surface area contributed by atoms with Gasteiger partial charge in [0.15, 0.2) is 0 Å². The Morgan fingerprint density at radius 1 is 0.857 bits per heavy atom. The Bertz CT molecular complexity index is 1170. The number of sulfonamides is 1. The first kappa shape index (κ1) is 18.6. The second-order valence-corrected chi connectivity index (χ2v) is 8.96. The van der Waals surface area contributed by atoms with Crippen LogP contribution in [0.15, 0.2) is 95.3 Å². The van der Waals surface area contributed by atoms with Crippen molar-refractivity contribution in [3.8, 4) is 21.7 Å². The first-order chi connectivity index (χ1) is 13.6. The van der Waals surface area contributed by atoms with Gasteiger partial charge in [0, 0.05) is 12.7 Å². The molecular formula is C22H18N2O2S2. The Labute approximate surface area is 168 Å². The van der Waals surface area contributed by atoms with Crippen LogP contribution in [-0.2, 0) is 16.6 Å². The van der Waals surface area contributed by atoms with Gasteiger partial charge < -0.3 is 0 Å². The van der Waals surface area contributed by atoms with E-state index in [0.29, 0.717) is 0 Å². The quantitative estimate of drug-likeness (QED) is 0.493. The lowest BCUT2D eigenvalue weighted by Crippen LogP contribution is -2.23. The van der Waals surface area contributed by atoms with Crippen LogP contribution in [0.3, 0.4) is 0 Å². The van der Waals surface area contributed by atoms with Gasteiger partial charge in [-0.05, 0) is 52.4 Å². The summed E-state index contributed by atoms with van der Waals surface area (Å²) in [6, 6.07) is 24.4. The number of benzene rings is 2. The molecule has 0 saturated heterocycles. The lowest BCUT2D eigenvalue weighted by Gasteiger charge is -2.09. The van der Waals surface area contributed by atoms with Gasteiger partial charge in [-0.1, -0.05) is 48.5 Å². The number of hydrogen-bond acceptors (Lipinski definition) is 4. The van der Waals surface area contributed by atoms with Gasteiger partial charge in [-0.25, -0.2) is 13.1 Å². The highest BCUT2D eigenvalue weighted by molar-refractivity contribution is 7.89. The summed E-state index contributed by atoms with van der Waals surface area (Å²) >= 11 is 1.60. The van der Waals surface area contributed by atoms with Gasteiger partial charge >= 0.3 is 0 Å². The second-order valence-electron chi connectivity index (χ2n) is 6.25. The molecule has 0 radical (unpaired) electrons. The van der Waals surface area contributed by atoms with Crippen molar-refractivity contribution in [2.45, 2.75) is 11.4 Å². The molecule has 0 aliphatic carbocycles. The fourth-order valence-electron chi connectivity index (χ4n) is 2.88. The lowest BCUT2D eigenvalue weighted by atomic mass is 10.1. The van der Waals surface area contributed by atoms with Gasteiger partial charge in [-0.15, -0.1) is 11.3 Å². The molecule has 4 rings (SSSR count). The highest BCUT2D eigenvalue weighted by atomic mass is 32.2. The van der Waals surface area contributed by atoms with Crippen molar-refractivity contribution in [1.82, 2.24) is 9.71 Å². The average molecular weight is 407 g/mol. The monoisotopic (exact) mass is 406 g/mol. The van der Waals surface area contributed by atoms with Crippen molar-refractivity contribution >= 4 is 21.4 Å². The number of nitrogens with zero attached hydrogens (tertiary/aromatic N) is 1. The SMILES string of the molecule is O=S(=O)(NCc1ccnc(-c2cccs2)c1)c1cccc(-c2ccccc2)c1. The van der Waals surface area contributed by atoms with Crippen LogP contribution in [0.25, 0.3) is 21.7 Å². The van der Waals surface area contributed by atoms with Gasteiger partial charge in [-0.3, -0.25) is 4.98 Å². The maximum Gasteiger partial charge on any atom is 0.240 e. The molecule has 4 aromatic rings. The number of hydrogen-bond donors (Lipinski definition) is 1. The molecule has 2 aromatic carbocycles. The predicted molar refractivity (Wildman–Crippen MR) is 113 cm³/mol. The normalized spacial score (nSPS) is 11.4. The van der Waals surface area contributed by atoms with Gasteiger partial charge in [0.1, 0.15) is 0 Å². The van der Waals surface area contributed by atoms with Crippen LogP contribution in [0, 0.1) is 0 Å². The lowest BCUT2D eigenvalue weighted by molar-refractivity contribution is 0.581. The molecule has 0 aliphatic heterocycles. The molecule has 0 bridgehead atoms. The molecule has 2 heterocycles. The first-order valence-electron chi connectivity index (χ1n) is 8.76. The van der Waals surface area contributed by atoms with E-state index in [1.165, 1.54) is 0 Å². The van der Waals surface area contributed by atoms with E-state index in [1.807, 2.05) is 66.0 Å². The summed E-state index contributed by atoms with van der Waals surface area (Å²) in [7, 11) is -3.62. The summed E-state index contributed by atoms with van der Waals surface area (Å²) in [6.07, 6.45) is 1.70. The van der Waals surface area contributed by atoms with Crippen LogP contribution in [0.2, 0.25) is 0 Å². The van der Waals surface area contributed by atoms with Crippen LogP contribution in [0.1, 0.15) is 5.56 Å². The van der Waals surface area contributed by atoms with E-state index < -0.39 is 10.0 Å². The van der Waals surface area contributed by atoms with Gasteiger partial charge in [-0.2, -0.15) is 0 Å². The molecule has 0 saturated carbocycles. The van der Waals surface area contributed by atoms with E-state index in [9.17, 15) is 8.42 Å². The molecule has 140 valence electrons. The van der Waals surface area contributed by atoms with Crippen molar-refractivity contribution in [1.29, 1.82) is 0 Å². The van der Waals surface area contributed by atoms with Crippen molar-refractivity contribution in [2.75, 3.05) is 0 Å². The average Bonchev–Trinajstić information content (AvgIpc) is 3.28. The number of nitrogens with one attached hydrogen (secondary N) is 1. The maximum atomic E-state index is 12.8. The molecule has 4 nitrogen and oxygen atoms in total.